The maximum Gasteiger partial charge on any atom is 0.0598 e. The molecule has 1 fully saturated rings. The second-order valence-electron chi connectivity index (χ2n) is 7.76. The average molecular weight is 275 g/mol. The molecule has 1 aliphatic heterocycles. The maximum absolute atomic E-state index is 4.33. The van der Waals surface area contributed by atoms with Gasteiger partial charge in [0.2, 0.25) is 0 Å². The van der Waals surface area contributed by atoms with Crippen LogP contribution in [-0.4, -0.2) is 23.6 Å². The van der Waals surface area contributed by atoms with E-state index in [-0.39, 0.29) is 5.54 Å². The van der Waals surface area contributed by atoms with Crippen LogP contribution in [0.15, 0.2) is 18.5 Å². The van der Waals surface area contributed by atoms with Crippen LogP contribution < -0.4 is 10.2 Å². The van der Waals surface area contributed by atoms with Crippen molar-refractivity contribution < 1.29 is 0 Å². The van der Waals surface area contributed by atoms with E-state index in [4.69, 9.17) is 0 Å². The lowest BCUT2D eigenvalue weighted by atomic mass is 9.82. The van der Waals surface area contributed by atoms with Gasteiger partial charge in [-0.2, -0.15) is 0 Å². The fourth-order valence-corrected chi connectivity index (χ4v) is 2.56. The first kappa shape index (κ1) is 15.3. The Morgan fingerprint density at radius 3 is 2.50 bits per heavy atom. The van der Waals surface area contributed by atoms with Gasteiger partial charge in [-0.3, -0.25) is 4.98 Å². The number of anilines is 1. The van der Waals surface area contributed by atoms with E-state index in [2.05, 4.69) is 55.9 Å². The first-order valence-corrected chi connectivity index (χ1v) is 7.70. The van der Waals surface area contributed by atoms with Gasteiger partial charge in [0.15, 0.2) is 0 Å². The van der Waals surface area contributed by atoms with Crippen molar-refractivity contribution in [3.05, 3.63) is 24.0 Å². The molecule has 3 heteroatoms. The van der Waals surface area contributed by atoms with Crippen LogP contribution in [0.3, 0.4) is 0 Å². The number of rotatable bonds is 3. The Labute approximate surface area is 123 Å². The Kier molecular flexibility index (Phi) is 4.38. The van der Waals surface area contributed by atoms with Crippen molar-refractivity contribution in [2.75, 3.05) is 18.0 Å². The van der Waals surface area contributed by atoms with Crippen molar-refractivity contribution in [3.8, 4) is 0 Å². The maximum atomic E-state index is 4.33. The minimum Gasteiger partial charge on any atom is -0.370 e. The van der Waals surface area contributed by atoms with Crippen LogP contribution in [0.2, 0.25) is 0 Å². The fraction of sp³-hybridized carbons (Fsp3) is 0.706. The lowest BCUT2D eigenvalue weighted by molar-refractivity contribution is 0.279. The summed E-state index contributed by atoms with van der Waals surface area (Å²) in [6.45, 7) is 14.5. The molecule has 0 aliphatic carbocycles. The zero-order valence-electron chi connectivity index (χ0n) is 13.7. The summed E-state index contributed by atoms with van der Waals surface area (Å²) in [5.41, 5.74) is 3.29. The zero-order chi connectivity index (χ0) is 14.8. The molecule has 2 heterocycles. The molecular formula is C17H29N3. The molecule has 0 radical (unpaired) electrons. The lowest BCUT2D eigenvalue weighted by Gasteiger charge is -2.39. The highest BCUT2D eigenvalue weighted by molar-refractivity contribution is 5.52. The molecule has 0 aromatic carbocycles. The summed E-state index contributed by atoms with van der Waals surface area (Å²) in [6, 6.07) is 2.15. The first-order chi connectivity index (χ1) is 9.27. The standard InChI is InChI=1S/C17H29N3/c1-16(2,3)19-12-14-6-9-18-13-15(14)20-10-7-17(4,5)8-11-20/h6,9,13,19H,7-8,10-12H2,1-5H3. The van der Waals surface area contributed by atoms with Crippen molar-refractivity contribution in [3.63, 3.8) is 0 Å². The monoisotopic (exact) mass is 275 g/mol. The van der Waals surface area contributed by atoms with Gasteiger partial charge in [-0.05, 0) is 50.7 Å². The Balaban J connectivity index is 2.08. The quantitative estimate of drug-likeness (QED) is 0.913. The van der Waals surface area contributed by atoms with Gasteiger partial charge in [-0.1, -0.05) is 13.8 Å². The number of aromatic nitrogens is 1. The van der Waals surface area contributed by atoms with E-state index in [1.54, 1.807) is 0 Å². The van der Waals surface area contributed by atoms with E-state index < -0.39 is 0 Å². The normalized spacial score (nSPS) is 19.1. The smallest absolute Gasteiger partial charge is 0.0598 e. The third-order valence-electron chi connectivity index (χ3n) is 4.15. The summed E-state index contributed by atoms with van der Waals surface area (Å²) in [5.74, 6) is 0. The summed E-state index contributed by atoms with van der Waals surface area (Å²) in [5, 5.41) is 3.58. The molecule has 0 saturated carbocycles. The van der Waals surface area contributed by atoms with Gasteiger partial charge in [0.25, 0.3) is 0 Å². The van der Waals surface area contributed by atoms with Gasteiger partial charge >= 0.3 is 0 Å². The van der Waals surface area contributed by atoms with Crippen molar-refractivity contribution >= 4 is 5.69 Å². The van der Waals surface area contributed by atoms with E-state index in [0.717, 1.165) is 19.6 Å². The van der Waals surface area contributed by atoms with E-state index in [1.807, 2.05) is 12.4 Å². The van der Waals surface area contributed by atoms with Gasteiger partial charge < -0.3 is 10.2 Å². The van der Waals surface area contributed by atoms with Gasteiger partial charge in [0.1, 0.15) is 0 Å². The molecule has 0 amide bonds. The Morgan fingerprint density at radius 2 is 1.90 bits per heavy atom. The van der Waals surface area contributed by atoms with Crippen molar-refractivity contribution in [2.45, 2.75) is 59.5 Å². The summed E-state index contributed by atoms with van der Waals surface area (Å²) in [7, 11) is 0. The predicted molar refractivity (Wildman–Crippen MR) is 86.1 cm³/mol. The predicted octanol–water partition coefficient (Wildman–Crippen LogP) is 3.60. The van der Waals surface area contributed by atoms with E-state index in [0.29, 0.717) is 5.41 Å². The van der Waals surface area contributed by atoms with Crippen molar-refractivity contribution in [1.82, 2.24) is 10.3 Å². The number of piperidine rings is 1. The van der Waals surface area contributed by atoms with Crippen LogP contribution in [0.1, 0.15) is 53.0 Å². The van der Waals surface area contributed by atoms with Crippen LogP contribution in [0.4, 0.5) is 5.69 Å². The topological polar surface area (TPSA) is 28.2 Å². The second-order valence-corrected chi connectivity index (χ2v) is 7.76. The number of hydrogen-bond donors (Lipinski definition) is 1. The summed E-state index contributed by atoms with van der Waals surface area (Å²) in [6.07, 6.45) is 6.44. The minimum absolute atomic E-state index is 0.143. The van der Waals surface area contributed by atoms with E-state index in [9.17, 15) is 0 Å². The highest BCUT2D eigenvalue weighted by Gasteiger charge is 2.26. The molecule has 20 heavy (non-hydrogen) atoms. The SMILES string of the molecule is CC1(C)CCN(c2cnccc2CNC(C)(C)C)CC1. The van der Waals surface area contributed by atoms with Gasteiger partial charge in [0, 0.05) is 31.4 Å². The number of nitrogens with one attached hydrogen (secondary N) is 1. The highest BCUT2D eigenvalue weighted by Crippen LogP contribution is 2.33. The van der Waals surface area contributed by atoms with Crippen molar-refractivity contribution in [1.29, 1.82) is 0 Å². The summed E-state index contributed by atoms with van der Waals surface area (Å²) >= 11 is 0. The number of nitrogens with zero attached hydrogens (tertiary/aromatic N) is 2. The van der Waals surface area contributed by atoms with Gasteiger partial charge in [-0.15, -0.1) is 0 Å². The van der Waals surface area contributed by atoms with Gasteiger partial charge in [0.05, 0.1) is 11.9 Å². The summed E-state index contributed by atoms with van der Waals surface area (Å²) < 4.78 is 0. The molecule has 1 saturated heterocycles. The molecule has 1 aromatic heterocycles. The molecule has 112 valence electrons. The molecule has 0 spiro atoms. The Morgan fingerprint density at radius 1 is 1.25 bits per heavy atom. The number of pyridine rings is 1. The van der Waals surface area contributed by atoms with Crippen LogP contribution >= 0.6 is 0 Å². The molecule has 2 rings (SSSR count). The van der Waals surface area contributed by atoms with Gasteiger partial charge in [-0.25, -0.2) is 0 Å². The van der Waals surface area contributed by atoms with Crippen molar-refractivity contribution in [2.24, 2.45) is 5.41 Å². The van der Waals surface area contributed by atoms with Crippen LogP contribution in [0.5, 0.6) is 0 Å². The molecule has 1 aliphatic rings. The summed E-state index contributed by atoms with van der Waals surface area (Å²) in [4.78, 5) is 6.83. The zero-order valence-corrected chi connectivity index (χ0v) is 13.7. The van der Waals surface area contributed by atoms with E-state index in [1.165, 1.54) is 24.1 Å². The number of hydrogen-bond acceptors (Lipinski definition) is 3. The largest absolute Gasteiger partial charge is 0.370 e. The molecule has 0 bridgehead atoms. The molecular weight excluding hydrogens is 246 g/mol. The second kappa shape index (κ2) is 5.72. The third-order valence-corrected chi connectivity index (χ3v) is 4.15. The molecule has 1 aromatic rings. The van der Waals surface area contributed by atoms with Crippen LogP contribution in [0, 0.1) is 5.41 Å². The highest BCUT2D eigenvalue weighted by atomic mass is 15.1. The van der Waals surface area contributed by atoms with Crippen LogP contribution in [0.25, 0.3) is 0 Å². The third kappa shape index (κ3) is 4.20. The molecule has 3 nitrogen and oxygen atoms in total. The molecule has 1 N–H and O–H groups in total. The first-order valence-electron chi connectivity index (χ1n) is 7.70. The lowest BCUT2D eigenvalue weighted by Crippen LogP contribution is -2.39. The molecule has 0 unspecified atom stereocenters. The molecule has 0 atom stereocenters. The van der Waals surface area contributed by atoms with E-state index >= 15 is 0 Å². The fourth-order valence-electron chi connectivity index (χ4n) is 2.56. The van der Waals surface area contributed by atoms with Crippen LogP contribution in [-0.2, 0) is 6.54 Å². The average Bonchev–Trinajstić information content (AvgIpc) is 2.36. The Bertz CT molecular complexity index is 436. The Hall–Kier alpha value is -1.09. The minimum atomic E-state index is 0.143.